The van der Waals surface area contributed by atoms with Crippen LogP contribution in [0.2, 0.25) is 0 Å². The molecule has 0 radical (unpaired) electrons. The van der Waals surface area contributed by atoms with Crippen molar-refractivity contribution >= 4 is 27.5 Å². The highest BCUT2D eigenvalue weighted by molar-refractivity contribution is 7.82. The fourth-order valence-corrected chi connectivity index (χ4v) is 3.73. The van der Waals surface area contributed by atoms with Gasteiger partial charge in [0, 0.05) is 23.2 Å². The predicted octanol–water partition coefficient (Wildman–Crippen LogP) is 4.68. The Bertz CT molecular complexity index is 1430. The van der Waals surface area contributed by atoms with Crippen LogP contribution in [0.3, 0.4) is 0 Å². The molecule has 0 saturated carbocycles. The summed E-state index contributed by atoms with van der Waals surface area (Å²) >= 11 is 0. The number of hydrogen-bond donors (Lipinski definition) is 1. The summed E-state index contributed by atoms with van der Waals surface area (Å²) in [6, 6.07) is 24.9. The van der Waals surface area contributed by atoms with Gasteiger partial charge in [-0.3, -0.25) is 4.79 Å². The number of aromatic nitrogens is 1. The molecule has 0 aliphatic carbocycles. The zero-order valence-corrected chi connectivity index (χ0v) is 18.9. The van der Waals surface area contributed by atoms with Crippen molar-refractivity contribution in [2.24, 2.45) is 5.16 Å². The summed E-state index contributed by atoms with van der Waals surface area (Å²) in [6.07, 6.45) is 2.38. The number of pyridine rings is 1. The summed E-state index contributed by atoms with van der Waals surface area (Å²) in [4.78, 5) is 14.1. The van der Waals surface area contributed by atoms with Gasteiger partial charge in [-0.25, -0.2) is 4.28 Å². The Kier molecular flexibility index (Phi) is 7.24. The molecule has 1 N–H and O–H groups in total. The summed E-state index contributed by atoms with van der Waals surface area (Å²) < 4.78 is 39.0. The number of ether oxygens (including phenoxy) is 1. The molecule has 1 aromatic heterocycles. The average molecular weight is 479 g/mol. The van der Waals surface area contributed by atoms with E-state index in [4.69, 9.17) is 8.92 Å². The van der Waals surface area contributed by atoms with E-state index in [0.29, 0.717) is 25.2 Å². The first-order chi connectivity index (χ1) is 16.5. The molecular formula is C25H22N2O6S. The third-order valence-corrected chi connectivity index (χ3v) is 5.48. The lowest BCUT2D eigenvalue weighted by molar-refractivity contribution is 0.287. The second-order valence-electron chi connectivity index (χ2n) is 7.31. The van der Waals surface area contributed by atoms with Gasteiger partial charge in [0.25, 0.3) is 0 Å². The molecule has 4 rings (SSSR count). The topological polar surface area (TPSA) is 107 Å². The van der Waals surface area contributed by atoms with Crippen molar-refractivity contribution in [2.75, 3.05) is 6.61 Å². The van der Waals surface area contributed by atoms with Gasteiger partial charge in [-0.05, 0) is 60.4 Å². The second-order valence-corrected chi connectivity index (χ2v) is 8.44. The van der Waals surface area contributed by atoms with E-state index in [1.54, 1.807) is 42.5 Å². The first-order valence-corrected chi connectivity index (χ1v) is 11.9. The molecule has 3 aromatic carbocycles. The van der Waals surface area contributed by atoms with Gasteiger partial charge in [0.1, 0.15) is 11.5 Å². The van der Waals surface area contributed by atoms with E-state index < -0.39 is 10.4 Å². The zero-order valence-electron chi connectivity index (χ0n) is 18.1. The lowest BCUT2D eigenvalue weighted by Crippen LogP contribution is -2.10. The minimum Gasteiger partial charge on any atom is -0.494 e. The summed E-state index contributed by atoms with van der Waals surface area (Å²) in [5.74, 6) is 0.796. The maximum Gasteiger partial charge on any atom is 0.521 e. The predicted molar refractivity (Wildman–Crippen MR) is 130 cm³/mol. The van der Waals surface area contributed by atoms with Crippen molar-refractivity contribution in [1.82, 2.24) is 4.98 Å². The van der Waals surface area contributed by atoms with E-state index in [1.807, 2.05) is 36.4 Å². The van der Waals surface area contributed by atoms with Crippen molar-refractivity contribution in [3.05, 3.63) is 95.3 Å². The first kappa shape index (κ1) is 23.1. The minimum atomic E-state index is -4.33. The summed E-state index contributed by atoms with van der Waals surface area (Å²) in [5.41, 5.74) is 2.53. The highest BCUT2D eigenvalue weighted by atomic mass is 32.3. The Labute approximate surface area is 196 Å². The lowest BCUT2D eigenvalue weighted by Gasteiger charge is -2.06. The first-order valence-electron chi connectivity index (χ1n) is 10.5. The third kappa shape index (κ3) is 6.46. The van der Waals surface area contributed by atoms with Crippen LogP contribution < -0.4 is 14.5 Å². The number of rotatable bonds is 10. The Morgan fingerprint density at radius 2 is 1.59 bits per heavy atom. The number of hydrogen-bond acceptors (Lipinski definition) is 7. The molecule has 4 aromatic rings. The fraction of sp³-hybridized carbons (Fsp3) is 0.120. The van der Waals surface area contributed by atoms with Crippen LogP contribution in [0.4, 0.5) is 0 Å². The molecule has 0 fully saturated rings. The SMILES string of the molecule is O=c1ccc2cc(OCCCC=NOS(=O)(=O)Oc3ccc(-c4ccccc4)cc3)ccc2[nH]1. The maximum absolute atomic E-state index is 12.0. The molecule has 0 saturated heterocycles. The van der Waals surface area contributed by atoms with E-state index in [2.05, 4.69) is 14.4 Å². The van der Waals surface area contributed by atoms with Crippen LogP contribution in [0.25, 0.3) is 22.0 Å². The monoisotopic (exact) mass is 478 g/mol. The molecule has 9 heteroatoms. The summed E-state index contributed by atoms with van der Waals surface area (Å²) in [6.45, 7) is 0.401. The number of fused-ring (bicyclic) bond motifs is 1. The van der Waals surface area contributed by atoms with E-state index in [-0.39, 0.29) is 11.3 Å². The molecule has 0 aliphatic heterocycles. The number of benzene rings is 3. The largest absolute Gasteiger partial charge is 0.521 e. The van der Waals surface area contributed by atoms with Crippen LogP contribution in [-0.4, -0.2) is 26.2 Å². The molecule has 0 amide bonds. The normalized spacial score (nSPS) is 11.5. The van der Waals surface area contributed by atoms with Crippen LogP contribution in [0.15, 0.2) is 94.9 Å². The molecule has 8 nitrogen and oxygen atoms in total. The molecule has 0 atom stereocenters. The third-order valence-electron chi connectivity index (χ3n) is 4.81. The van der Waals surface area contributed by atoms with Gasteiger partial charge in [-0.15, -0.1) is 8.42 Å². The van der Waals surface area contributed by atoms with Crippen LogP contribution in [0, 0.1) is 0 Å². The van der Waals surface area contributed by atoms with Crippen molar-refractivity contribution in [3.63, 3.8) is 0 Å². The lowest BCUT2D eigenvalue weighted by atomic mass is 10.1. The van der Waals surface area contributed by atoms with Crippen molar-refractivity contribution < 1.29 is 21.6 Å². The van der Waals surface area contributed by atoms with E-state index in [1.165, 1.54) is 12.3 Å². The Morgan fingerprint density at radius 1 is 0.853 bits per heavy atom. The number of aromatic amines is 1. The Balaban J connectivity index is 1.19. The Morgan fingerprint density at radius 3 is 2.38 bits per heavy atom. The molecule has 0 unspecified atom stereocenters. The number of nitrogens with zero attached hydrogens (tertiary/aromatic N) is 1. The van der Waals surface area contributed by atoms with Gasteiger partial charge in [0.05, 0.1) is 6.61 Å². The molecule has 34 heavy (non-hydrogen) atoms. The Hall–Kier alpha value is -4.11. The smallest absolute Gasteiger partial charge is 0.494 e. The van der Waals surface area contributed by atoms with Gasteiger partial charge in [0.2, 0.25) is 5.56 Å². The number of oxime groups is 1. The average Bonchev–Trinajstić information content (AvgIpc) is 2.84. The summed E-state index contributed by atoms with van der Waals surface area (Å²) in [7, 11) is -4.33. The van der Waals surface area contributed by atoms with Gasteiger partial charge in [0.15, 0.2) is 0 Å². The van der Waals surface area contributed by atoms with E-state index in [0.717, 1.165) is 22.0 Å². The molecule has 0 spiro atoms. The second kappa shape index (κ2) is 10.7. The van der Waals surface area contributed by atoms with Gasteiger partial charge < -0.3 is 13.9 Å². The minimum absolute atomic E-state index is 0.128. The van der Waals surface area contributed by atoms with Gasteiger partial charge in [-0.1, -0.05) is 47.6 Å². The maximum atomic E-state index is 12.0. The van der Waals surface area contributed by atoms with E-state index in [9.17, 15) is 13.2 Å². The molecule has 1 heterocycles. The molecule has 0 aliphatic rings. The van der Waals surface area contributed by atoms with Gasteiger partial charge >= 0.3 is 10.4 Å². The van der Waals surface area contributed by atoms with E-state index >= 15 is 0 Å². The number of nitrogens with one attached hydrogen (secondary N) is 1. The highest BCUT2D eigenvalue weighted by Crippen LogP contribution is 2.23. The quantitative estimate of drug-likeness (QED) is 0.201. The molecule has 174 valence electrons. The van der Waals surface area contributed by atoms with Crippen LogP contribution in [-0.2, 0) is 14.7 Å². The highest BCUT2D eigenvalue weighted by Gasteiger charge is 2.14. The molecular weight excluding hydrogens is 456 g/mol. The van der Waals surface area contributed by atoms with Crippen molar-refractivity contribution in [1.29, 1.82) is 0 Å². The molecule has 0 bridgehead atoms. The van der Waals surface area contributed by atoms with Crippen molar-refractivity contribution in [3.8, 4) is 22.6 Å². The van der Waals surface area contributed by atoms with Crippen LogP contribution in [0.1, 0.15) is 12.8 Å². The summed E-state index contributed by atoms with van der Waals surface area (Å²) in [5, 5.41) is 4.34. The number of unbranched alkanes of at least 4 members (excludes halogenated alkanes) is 1. The standard InChI is InChI=1S/C25H22N2O6S/c28-25-15-10-21-18-23(13-14-24(21)27-25)31-17-5-4-16-26-33-34(29,30)32-22-11-8-20(9-12-22)19-6-2-1-3-7-19/h1-3,6-16,18H,4-5,17H2,(H,27,28). The van der Waals surface area contributed by atoms with Crippen molar-refractivity contribution in [2.45, 2.75) is 12.8 Å². The van der Waals surface area contributed by atoms with Crippen LogP contribution in [0.5, 0.6) is 11.5 Å². The van der Waals surface area contributed by atoms with Crippen LogP contribution >= 0.6 is 0 Å². The zero-order chi connectivity index (χ0) is 23.8. The fourth-order valence-electron chi connectivity index (χ4n) is 3.19. The van der Waals surface area contributed by atoms with Gasteiger partial charge in [-0.2, -0.15) is 0 Å². The number of H-pyrrole nitrogens is 1.